The number of ether oxygens (including phenoxy) is 2. The van der Waals surface area contributed by atoms with Crippen molar-refractivity contribution in [2.45, 2.75) is 18.4 Å². The van der Waals surface area contributed by atoms with Crippen molar-refractivity contribution in [2.24, 2.45) is 0 Å². The molecule has 20 heavy (non-hydrogen) atoms. The highest BCUT2D eigenvalue weighted by Crippen LogP contribution is 2.35. The van der Waals surface area contributed by atoms with Crippen molar-refractivity contribution in [1.29, 1.82) is 0 Å². The van der Waals surface area contributed by atoms with Gasteiger partial charge in [-0.15, -0.1) is 0 Å². The third-order valence-electron chi connectivity index (χ3n) is 3.18. The summed E-state index contributed by atoms with van der Waals surface area (Å²) >= 11 is 0. The quantitative estimate of drug-likeness (QED) is 0.729. The predicted octanol–water partition coefficient (Wildman–Crippen LogP) is 1.06. The van der Waals surface area contributed by atoms with E-state index >= 15 is 0 Å². The molecule has 1 saturated carbocycles. The summed E-state index contributed by atoms with van der Waals surface area (Å²) in [5, 5.41) is 11.6. The highest BCUT2D eigenvalue weighted by Gasteiger charge is 2.51. The van der Waals surface area contributed by atoms with Gasteiger partial charge in [0.05, 0.1) is 6.61 Å². The van der Waals surface area contributed by atoms with Crippen LogP contribution in [-0.4, -0.2) is 42.8 Å². The Balaban J connectivity index is 1.92. The average Bonchev–Trinajstić information content (AvgIpc) is 3.21. The van der Waals surface area contributed by atoms with Gasteiger partial charge in [-0.05, 0) is 37.1 Å². The molecule has 0 saturated heterocycles. The van der Waals surface area contributed by atoms with Gasteiger partial charge in [0.2, 0.25) is 0 Å². The number of rotatable bonds is 7. The monoisotopic (exact) mass is 279 g/mol. The topological polar surface area (TPSA) is 84.9 Å². The van der Waals surface area contributed by atoms with Gasteiger partial charge < -0.3 is 19.9 Å². The second-order valence-corrected chi connectivity index (χ2v) is 4.71. The molecule has 108 valence electrons. The van der Waals surface area contributed by atoms with Gasteiger partial charge in [0.15, 0.2) is 0 Å². The molecule has 1 amide bonds. The van der Waals surface area contributed by atoms with Gasteiger partial charge in [-0.1, -0.05) is 0 Å². The molecule has 1 fully saturated rings. The Morgan fingerprint density at radius 3 is 2.40 bits per heavy atom. The molecule has 0 spiro atoms. The van der Waals surface area contributed by atoms with Crippen molar-refractivity contribution in [2.75, 3.05) is 20.3 Å². The lowest BCUT2D eigenvalue weighted by Gasteiger charge is -2.12. The van der Waals surface area contributed by atoms with E-state index in [-0.39, 0.29) is 5.91 Å². The number of methoxy groups -OCH3 is 1. The van der Waals surface area contributed by atoms with Gasteiger partial charge in [0.1, 0.15) is 17.9 Å². The summed E-state index contributed by atoms with van der Waals surface area (Å²) in [5.41, 5.74) is -0.651. The predicted molar refractivity (Wildman–Crippen MR) is 70.9 cm³/mol. The molecule has 1 aromatic rings. The van der Waals surface area contributed by atoms with Gasteiger partial charge >= 0.3 is 5.97 Å². The van der Waals surface area contributed by atoms with Gasteiger partial charge in [-0.3, -0.25) is 4.79 Å². The van der Waals surface area contributed by atoms with E-state index in [9.17, 15) is 9.59 Å². The number of carboxylic acids is 1. The van der Waals surface area contributed by atoms with E-state index in [2.05, 4.69) is 5.32 Å². The van der Waals surface area contributed by atoms with Crippen LogP contribution in [0.1, 0.15) is 23.2 Å². The van der Waals surface area contributed by atoms with E-state index < -0.39 is 11.5 Å². The van der Waals surface area contributed by atoms with Crippen molar-refractivity contribution < 1.29 is 24.2 Å². The number of carbonyl (C=O) groups excluding carboxylic acids is 1. The Hall–Kier alpha value is -2.08. The van der Waals surface area contributed by atoms with Gasteiger partial charge in [-0.25, -0.2) is 4.79 Å². The van der Waals surface area contributed by atoms with Crippen LogP contribution in [0.4, 0.5) is 0 Å². The first-order valence-electron chi connectivity index (χ1n) is 6.35. The van der Waals surface area contributed by atoms with Gasteiger partial charge in [0, 0.05) is 12.7 Å². The zero-order chi connectivity index (χ0) is 14.6. The molecule has 0 heterocycles. The van der Waals surface area contributed by atoms with Crippen LogP contribution in [0, 0.1) is 0 Å². The highest BCUT2D eigenvalue weighted by atomic mass is 16.5. The second kappa shape index (κ2) is 5.92. The molecule has 0 bridgehead atoms. The number of aliphatic carboxylic acids is 1. The van der Waals surface area contributed by atoms with E-state index in [1.807, 2.05) is 0 Å². The van der Waals surface area contributed by atoms with Crippen LogP contribution in [0.5, 0.6) is 5.75 Å². The lowest BCUT2D eigenvalue weighted by Crippen LogP contribution is -2.43. The van der Waals surface area contributed by atoms with Crippen LogP contribution in [-0.2, 0) is 9.53 Å². The van der Waals surface area contributed by atoms with Crippen LogP contribution in [0.3, 0.4) is 0 Å². The molecule has 1 aromatic carbocycles. The smallest absolute Gasteiger partial charge is 0.329 e. The maximum absolute atomic E-state index is 11.9. The van der Waals surface area contributed by atoms with Crippen LogP contribution < -0.4 is 10.1 Å². The lowest BCUT2D eigenvalue weighted by atomic mass is 10.1. The molecule has 1 aliphatic rings. The molecular formula is C14H17NO5. The first-order valence-corrected chi connectivity index (χ1v) is 6.35. The fourth-order valence-electron chi connectivity index (χ4n) is 1.75. The Morgan fingerprint density at radius 1 is 1.25 bits per heavy atom. The molecule has 6 heteroatoms. The first kappa shape index (κ1) is 14.3. The Labute approximate surface area is 116 Å². The van der Waals surface area contributed by atoms with Crippen molar-refractivity contribution in [3.05, 3.63) is 29.8 Å². The number of amides is 1. The summed E-state index contributed by atoms with van der Waals surface area (Å²) in [7, 11) is 1.59. The molecule has 2 rings (SSSR count). The molecule has 6 nitrogen and oxygen atoms in total. The number of hydrogen-bond donors (Lipinski definition) is 2. The van der Waals surface area contributed by atoms with Crippen LogP contribution in [0.25, 0.3) is 0 Å². The Kier molecular flexibility index (Phi) is 4.24. The SMILES string of the molecule is COCCOc1ccc(C(=O)NC2(C(=O)O)CC2)cc1. The lowest BCUT2D eigenvalue weighted by molar-refractivity contribution is -0.140. The van der Waals surface area contributed by atoms with Gasteiger partial charge in [-0.2, -0.15) is 0 Å². The fraction of sp³-hybridized carbons (Fsp3) is 0.429. The zero-order valence-electron chi connectivity index (χ0n) is 11.2. The van der Waals surface area contributed by atoms with E-state index in [4.69, 9.17) is 14.6 Å². The van der Waals surface area contributed by atoms with E-state index in [0.717, 1.165) is 0 Å². The van der Waals surface area contributed by atoms with Crippen molar-refractivity contribution in [3.63, 3.8) is 0 Å². The number of benzene rings is 1. The molecule has 0 atom stereocenters. The minimum absolute atomic E-state index is 0.381. The third-order valence-corrected chi connectivity index (χ3v) is 3.18. The average molecular weight is 279 g/mol. The maximum atomic E-state index is 11.9. The summed E-state index contributed by atoms with van der Waals surface area (Å²) in [4.78, 5) is 22.9. The first-order chi connectivity index (χ1) is 9.57. The van der Waals surface area contributed by atoms with Crippen molar-refractivity contribution >= 4 is 11.9 Å². The Morgan fingerprint density at radius 2 is 1.90 bits per heavy atom. The molecule has 0 aromatic heterocycles. The summed E-state index contributed by atoms with van der Waals surface area (Å²) in [6, 6.07) is 6.56. The Bertz CT molecular complexity index is 493. The molecule has 0 unspecified atom stereocenters. The number of nitrogens with one attached hydrogen (secondary N) is 1. The molecule has 0 radical (unpaired) electrons. The summed E-state index contributed by atoms with van der Waals surface area (Å²) < 4.78 is 10.2. The zero-order valence-corrected chi connectivity index (χ0v) is 11.2. The molecular weight excluding hydrogens is 262 g/mol. The fourth-order valence-corrected chi connectivity index (χ4v) is 1.75. The summed E-state index contributed by atoms with van der Waals surface area (Å²) in [5.74, 6) is -0.725. The standard InChI is InChI=1S/C14H17NO5/c1-19-8-9-20-11-4-2-10(3-5-11)12(16)15-14(6-7-14)13(17)18/h2-5H,6-9H2,1H3,(H,15,16)(H,17,18). The maximum Gasteiger partial charge on any atom is 0.329 e. The second-order valence-electron chi connectivity index (χ2n) is 4.71. The van der Waals surface area contributed by atoms with Crippen LogP contribution in [0.15, 0.2) is 24.3 Å². The number of hydrogen-bond acceptors (Lipinski definition) is 4. The minimum atomic E-state index is -1.06. The van der Waals surface area contributed by atoms with E-state index in [1.165, 1.54) is 0 Å². The van der Waals surface area contributed by atoms with Crippen molar-refractivity contribution in [1.82, 2.24) is 5.32 Å². The van der Waals surface area contributed by atoms with Gasteiger partial charge in [0.25, 0.3) is 5.91 Å². The summed E-state index contributed by atoms with van der Waals surface area (Å²) in [6.07, 6.45) is 0.957. The minimum Gasteiger partial charge on any atom is -0.491 e. The largest absolute Gasteiger partial charge is 0.491 e. The molecule has 1 aliphatic carbocycles. The molecule has 0 aliphatic heterocycles. The van der Waals surface area contributed by atoms with Crippen molar-refractivity contribution in [3.8, 4) is 5.75 Å². The highest BCUT2D eigenvalue weighted by molar-refractivity contribution is 5.98. The third kappa shape index (κ3) is 3.27. The van der Waals surface area contributed by atoms with E-state index in [1.54, 1.807) is 31.4 Å². The van der Waals surface area contributed by atoms with E-state index in [0.29, 0.717) is 37.4 Å². The number of carboxylic acid groups (broad SMARTS) is 1. The normalized spacial score (nSPS) is 15.4. The molecule has 2 N–H and O–H groups in total. The van der Waals surface area contributed by atoms with Crippen LogP contribution in [0.2, 0.25) is 0 Å². The van der Waals surface area contributed by atoms with Crippen LogP contribution >= 0.6 is 0 Å². The summed E-state index contributed by atoms with van der Waals surface area (Å²) in [6.45, 7) is 0.924. The number of carbonyl (C=O) groups is 2.